The maximum atomic E-state index is 11.8. The Morgan fingerprint density at radius 1 is 1.05 bits per heavy atom. The van der Waals surface area contributed by atoms with Crippen LogP contribution in [0.4, 0.5) is 0 Å². The van der Waals surface area contributed by atoms with E-state index < -0.39 is 23.9 Å². The average Bonchev–Trinajstić information content (AvgIpc) is 2.36. The molecule has 1 rings (SSSR count). The predicted octanol–water partition coefficient (Wildman–Crippen LogP) is 1.12. The van der Waals surface area contributed by atoms with Crippen molar-refractivity contribution in [2.75, 3.05) is 0 Å². The molecular weight excluding hydrogens is 250 g/mol. The molecule has 0 bridgehead atoms. The van der Waals surface area contributed by atoms with Crippen molar-refractivity contribution >= 4 is 17.8 Å². The second-order valence-corrected chi connectivity index (χ2v) is 4.07. The Kier molecular flexibility index (Phi) is 5.53. The number of rotatable bonds is 7. The minimum absolute atomic E-state index is 0.0835. The molecule has 1 aromatic rings. The first kappa shape index (κ1) is 14.7. The maximum absolute atomic E-state index is 11.8. The zero-order valence-corrected chi connectivity index (χ0v) is 10.2. The summed E-state index contributed by atoms with van der Waals surface area (Å²) in [6, 6.07) is 7.66. The molecule has 0 saturated carbocycles. The van der Waals surface area contributed by atoms with Gasteiger partial charge in [-0.25, -0.2) is 0 Å². The van der Waals surface area contributed by atoms with E-state index in [1.165, 1.54) is 0 Å². The zero-order valence-electron chi connectivity index (χ0n) is 10.2. The van der Waals surface area contributed by atoms with Gasteiger partial charge in [0.25, 0.3) is 5.91 Å². The van der Waals surface area contributed by atoms with Crippen molar-refractivity contribution in [3.05, 3.63) is 35.9 Å². The highest BCUT2D eigenvalue weighted by atomic mass is 16.4. The van der Waals surface area contributed by atoms with Gasteiger partial charge in [-0.1, -0.05) is 18.2 Å². The van der Waals surface area contributed by atoms with Crippen LogP contribution in [0.25, 0.3) is 0 Å². The number of carboxylic acids is 2. The minimum Gasteiger partial charge on any atom is -0.481 e. The topological polar surface area (TPSA) is 104 Å². The fourth-order valence-corrected chi connectivity index (χ4v) is 1.59. The third kappa shape index (κ3) is 5.67. The third-order valence-corrected chi connectivity index (χ3v) is 2.50. The van der Waals surface area contributed by atoms with E-state index >= 15 is 0 Å². The summed E-state index contributed by atoms with van der Waals surface area (Å²) in [5.41, 5.74) is 0.410. The summed E-state index contributed by atoms with van der Waals surface area (Å²) in [4.78, 5) is 33.0. The fraction of sp³-hybridized carbons (Fsp3) is 0.308. The molecular formula is C13H15NO5. The Balaban J connectivity index is 2.63. The van der Waals surface area contributed by atoms with Crippen LogP contribution in [0, 0.1) is 0 Å². The monoisotopic (exact) mass is 265 g/mol. The van der Waals surface area contributed by atoms with Crippen LogP contribution in [0.5, 0.6) is 0 Å². The molecule has 1 amide bonds. The van der Waals surface area contributed by atoms with E-state index in [2.05, 4.69) is 5.32 Å². The standard InChI is InChI=1S/C13H15NO5/c15-11(16)7-6-10(8-12(17)18)14-13(19)9-4-2-1-3-5-9/h1-5,10H,6-8H2,(H,14,19)(H,15,16)(H,17,18)/t10-/m0/s1. The van der Waals surface area contributed by atoms with E-state index in [0.29, 0.717) is 5.56 Å². The molecule has 1 atom stereocenters. The van der Waals surface area contributed by atoms with Gasteiger partial charge in [0.2, 0.25) is 0 Å². The van der Waals surface area contributed by atoms with Crippen LogP contribution in [0.1, 0.15) is 29.6 Å². The van der Waals surface area contributed by atoms with Crippen LogP contribution in [0.3, 0.4) is 0 Å². The van der Waals surface area contributed by atoms with E-state index in [1.807, 2.05) is 0 Å². The number of carbonyl (C=O) groups excluding carboxylic acids is 1. The van der Waals surface area contributed by atoms with Crippen LogP contribution in [0.2, 0.25) is 0 Å². The summed E-state index contributed by atoms with van der Waals surface area (Å²) >= 11 is 0. The number of benzene rings is 1. The quantitative estimate of drug-likeness (QED) is 0.685. The van der Waals surface area contributed by atoms with Gasteiger partial charge < -0.3 is 15.5 Å². The number of carbonyl (C=O) groups is 3. The van der Waals surface area contributed by atoms with Crippen LogP contribution in [-0.2, 0) is 9.59 Å². The first-order valence-electron chi connectivity index (χ1n) is 5.78. The van der Waals surface area contributed by atoms with Gasteiger partial charge >= 0.3 is 11.9 Å². The van der Waals surface area contributed by atoms with Crippen molar-refractivity contribution in [2.24, 2.45) is 0 Å². The lowest BCUT2D eigenvalue weighted by Gasteiger charge is -2.16. The fourth-order valence-electron chi connectivity index (χ4n) is 1.59. The van der Waals surface area contributed by atoms with E-state index in [9.17, 15) is 14.4 Å². The molecule has 6 heteroatoms. The zero-order chi connectivity index (χ0) is 14.3. The van der Waals surface area contributed by atoms with Gasteiger partial charge in [0.15, 0.2) is 0 Å². The molecule has 0 spiro atoms. The molecule has 0 radical (unpaired) electrons. The van der Waals surface area contributed by atoms with Gasteiger partial charge in [0.1, 0.15) is 0 Å². The molecule has 0 unspecified atom stereocenters. The summed E-state index contributed by atoms with van der Waals surface area (Å²) in [7, 11) is 0. The van der Waals surface area contributed by atoms with Crippen LogP contribution < -0.4 is 5.32 Å². The van der Waals surface area contributed by atoms with Gasteiger partial charge in [-0.05, 0) is 18.6 Å². The van der Waals surface area contributed by atoms with Crippen molar-refractivity contribution in [1.29, 1.82) is 0 Å². The van der Waals surface area contributed by atoms with Crippen LogP contribution >= 0.6 is 0 Å². The summed E-state index contributed by atoms with van der Waals surface area (Å²) in [5.74, 6) is -2.51. The van der Waals surface area contributed by atoms with Gasteiger partial charge in [-0.3, -0.25) is 14.4 Å². The second kappa shape index (κ2) is 7.15. The molecule has 102 valence electrons. The number of aliphatic carboxylic acids is 2. The lowest BCUT2D eigenvalue weighted by Crippen LogP contribution is -2.36. The van der Waals surface area contributed by atoms with Crippen molar-refractivity contribution < 1.29 is 24.6 Å². The number of carboxylic acid groups (broad SMARTS) is 2. The molecule has 0 saturated heterocycles. The van der Waals surface area contributed by atoms with Gasteiger partial charge in [-0.15, -0.1) is 0 Å². The number of amides is 1. The minimum atomic E-state index is -1.08. The summed E-state index contributed by atoms with van der Waals surface area (Å²) in [6.07, 6.45) is -0.404. The summed E-state index contributed by atoms with van der Waals surface area (Å²) in [5, 5.41) is 19.9. The molecule has 19 heavy (non-hydrogen) atoms. The first-order valence-corrected chi connectivity index (χ1v) is 5.78. The van der Waals surface area contributed by atoms with E-state index in [-0.39, 0.29) is 19.3 Å². The molecule has 0 aliphatic carbocycles. The predicted molar refractivity (Wildman–Crippen MR) is 66.8 cm³/mol. The highest BCUT2D eigenvalue weighted by Gasteiger charge is 2.17. The van der Waals surface area contributed by atoms with Crippen molar-refractivity contribution in [1.82, 2.24) is 5.32 Å². The molecule has 6 nitrogen and oxygen atoms in total. The Hall–Kier alpha value is -2.37. The molecule has 0 aliphatic rings. The molecule has 1 aromatic carbocycles. The highest BCUT2D eigenvalue weighted by Crippen LogP contribution is 2.05. The van der Waals surface area contributed by atoms with Gasteiger partial charge in [0.05, 0.1) is 6.42 Å². The van der Waals surface area contributed by atoms with Crippen molar-refractivity contribution in [3.63, 3.8) is 0 Å². The maximum Gasteiger partial charge on any atom is 0.305 e. The smallest absolute Gasteiger partial charge is 0.305 e. The van der Waals surface area contributed by atoms with E-state index in [1.54, 1.807) is 30.3 Å². The number of hydrogen-bond donors (Lipinski definition) is 3. The second-order valence-electron chi connectivity index (χ2n) is 4.07. The normalized spacial score (nSPS) is 11.6. The molecule has 0 fully saturated rings. The number of nitrogens with one attached hydrogen (secondary N) is 1. The van der Waals surface area contributed by atoms with Crippen LogP contribution in [0.15, 0.2) is 30.3 Å². The summed E-state index contributed by atoms with van der Waals surface area (Å²) < 4.78 is 0. The lowest BCUT2D eigenvalue weighted by molar-refractivity contribution is -0.139. The van der Waals surface area contributed by atoms with Crippen molar-refractivity contribution in [2.45, 2.75) is 25.3 Å². The molecule has 0 aromatic heterocycles. The summed E-state index contributed by atoms with van der Waals surface area (Å²) in [6.45, 7) is 0. The molecule has 0 aliphatic heterocycles. The van der Waals surface area contributed by atoms with Crippen molar-refractivity contribution in [3.8, 4) is 0 Å². The van der Waals surface area contributed by atoms with Gasteiger partial charge in [0, 0.05) is 18.0 Å². The molecule has 0 heterocycles. The Morgan fingerprint density at radius 2 is 1.68 bits per heavy atom. The molecule has 3 N–H and O–H groups in total. The largest absolute Gasteiger partial charge is 0.481 e. The van der Waals surface area contributed by atoms with E-state index in [0.717, 1.165) is 0 Å². The third-order valence-electron chi connectivity index (χ3n) is 2.50. The lowest BCUT2D eigenvalue weighted by atomic mass is 10.1. The highest BCUT2D eigenvalue weighted by molar-refractivity contribution is 5.94. The average molecular weight is 265 g/mol. The Labute approximate surface area is 110 Å². The Bertz CT molecular complexity index is 457. The SMILES string of the molecule is O=C(O)CC[C@@H](CC(=O)O)NC(=O)c1ccccc1. The van der Waals surface area contributed by atoms with E-state index in [4.69, 9.17) is 10.2 Å². The Morgan fingerprint density at radius 3 is 2.21 bits per heavy atom. The number of hydrogen-bond acceptors (Lipinski definition) is 3. The first-order chi connectivity index (χ1) is 8.99. The van der Waals surface area contributed by atoms with Gasteiger partial charge in [-0.2, -0.15) is 0 Å². The van der Waals surface area contributed by atoms with Crippen LogP contribution in [-0.4, -0.2) is 34.1 Å².